The molecule has 4 rings (SSSR count). The van der Waals surface area contributed by atoms with Gasteiger partial charge in [0.25, 0.3) is 0 Å². The number of benzene rings is 2. The first-order valence-corrected chi connectivity index (χ1v) is 7.77. The zero-order valence-corrected chi connectivity index (χ0v) is 11.5. The Kier molecular flexibility index (Phi) is 2.66. The molecule has 3 heteroatoms. The molecule has 3 aromatic rings. The van der Waals surface area contributed by atoms with Gasteiger partial charge in [-0.3, -0.25) is 0 Å². The molecule has 0 spiro atoms. The van der Waals surface area contributed by atoms with Crippen LogP contribution in [0.3, 0.4) is 0 Å². The molecule has 1 heterocycles. The van der Waals surface area contributed by atoms with Crippen molar-refractivity contribution in [2.24, 2.45) is 0 Å². The standard InChI is InChI=1S/C16H16N2S/c1-4-8-13-11(5-1)9-10-14-15(13)18-16(19-14)17-12-6-2-3-7-12/h1,4-5,8-10,12H,2-3,6-7H2,(H,17,18). The van der Waals surface area contributed by atoms with Crippen LogP contribution in [-0.2, 0) is 0 Å². The summed E-state index contributed by atoms with van der Waals surface area (Å²) in [5.41, 5.74) is 1.14. The number of fused-ring (bicyclic) bond motifs is 3. The average Bonchev–Trinajstić information content (AvgIpc) is 3.08. The Labute approximate surface area is 116 Å². The lowest BCUT2D eigenvalue weighted by Crippen LogP contribution is -2.13. The van der Waals surface area contributed by atoms with E-state index in [0.29, 0.717) is 6.04 Å². The van der Waals surface area contributed by atoms with E-state index in [1.54, 1.807) is 11.3 Å². The van der Waals surface area contributed by atoms with Gasteiger partial charge < -0.3 is 5.32 Å². The predicted molar refractivity (Wildman–Crippen MR) is 83.0 cm³/mol. The number of nitrogens with one attached hydrogen (secondary N) is 1. The SMILES string of the molecule is c1ccc2c(c1)ccc1sc(NC3CCCC3)nc12. The Morgan fingerprint density at radius 2 is 1.89 bits per heavy atom. The lowest BCUT2D eigenvalue weighted by Gasteiger charge is -2.09. The maximum absolute atomic E-state index is 4.81. The van der Waals surface area contributed by atoms with E-state index < -0.39 is 0 Å². The molecule has 0 unspecified atom stereocenters. The molecule has 1 aliphatic carbocycles. The Morgan fingerprint density at radius 1 is 1.05 bits per heavy atom. The summed E-state index contributed by atoms with van der Waals surface area (Å²) in [6.07, 6.45) is 5.28. The number of thiazole rings is 1. The van der Waals surface area contributed by atoms with Gasteiger partial charge in [-0.1, -0.05) is 54.5 Å². The molecule has 1 aliphatic rings. The van der Waals surface area contributed by atoms with Crippen molar-refractivity contribution in [2.45, 2.75) is 31.7 Å². The quantitative estimate of drug-likeness (QED) is 0.722. The van der Waals surface area contributed by atoms with Crippen molar-refractivity contribution < 1.29 is 0 Å². The number of hydrogen-bond acceptors (Lipinski definition) is 3. The lowest BCUT2D eigenvalue weighted by molar-refractivity contribution is 0.754. The van der Waals surface area contributed by atoms with Crippen LogP contribution in [-0.4, -0.2) is 11.0 Å². The van der Waals surface area contributed by atoms with Crippen molar-refractivity contribution in [2.75, 3.05) is 5.32 Å². The molecule has 1 aromatic heterocycles. The van der Waals surface area contributed by atoms with Gasteiger partial charge in [-0.2, -0.15) is 0 Å². The third-order valence-corrected chi connectivity index (χ3v) is 4.92. The van der Waals surface area contributed by atoms with Crippen molar-refractivity contribution in [3.63, 3.8) is 0 Å². The van der Waals surface area contributed by atoms with Crippen LogP contribution in [0.5, 0.6) is 0 Å². The van der Waals surface area contributed by atoms with Crippen LogP contribution < -0.4 is 5.32 Å². The monoisotopic (exact) mass is 268 g/mol. The largest absolute Gasteiger partial charge is 0.359 e. The van der Waals surface area contributed by atoms with Crippen molar-refractivity contribution in [3.05, 3.63) is 36.4 Å². The van der Waals surface area contributed by atoms with Crippen LogP contribution in [0.2, 0.25) is 0 Å². The van der Waals surface area contributed by atoms with E-state index in [0.717, 1.165) is 10.6 Å². The molecular formula is C16H16N2S. The van der Waals surface area contributed by atoms with E-state index >= 15 is 0 Å². The molecule has 19 heavy (non-hydrogen) atoms. The van der Waals surface area contributed by atoms with Crippen LogP contribution in [0.1, 0.15) is 25.7 Å². The zero-order valence-electron chi connectivity index (χ0n) is 10.7. The number of nitrogens with zero attached hydrogens (tertiary/aromatic N) is 1. The number of rotatable bonds is 2. The van der Waals surface area contributed by atoms with E-state index in [-0.39, 0.29) is 0 Å². The second-order valence-corrected chi connectivity index (χ2v) is 6.31. The number of aromatic nitrogens is 1. The molecule has 1 saturated carbocycles. The highest BCUT2D eigenvalue weighted by molar-refractivity contribution is 7.22. The summed E-state index contributed by atoms with van der Waals surface area (Å²) in [7, 11) is 0. The van der Waals surface area contributed by atoms with Crippen molar-refractivity contribution in [1.29, 1.82) is 0 Å². The van der Waals surface area contributed by atoms with Crippen LogP contribution in [0, 0.1) is 0 Å². The summed E-state index contributed by atoms with van der Waals surface area (Å²) >= 11 is 1.78. The van der Waals surface area contributed by atoms with Crippen molar-refractivity contribution >= 4 is 37.5 Å². The molecule has 1 N–H and O–H groups in total. The molecule has 2 nitrogen and oxygen atoms in total. The van der Waals surface area contributed by atoms with Gasteiger partial charge in [0.2, 0.25) is 0 Å². The molecule has 0 saturated heterocycles. The molecule has 0 aliphatic heterocycles. The minimum atomic E-state index is 0.631. The van der Waals surface area contributed by atoms with Crippen LogP contribution in [0.15, 0.2) is 36.4 Å². The minimum absolute atomic E-state index is 0.631. The summed E-state index contributed by atoms with van der Waals surface area (Å²) in [5.74, 6) is 0. The molecule has 0 radical (unpaired) electrons. The Morgan fingerprint density at radius 3 is 2.79 bits per heavy atom. The summed E-state index contributed by atoms with van der Waals surface area (Å²) in [6, 6.07) is 13.5. The summed E-state index contributed by atoms with van der Waals surface area (Å²) in [4.78, 5) is 4.81. The van der Waals surface area contributed by atoms with E-state index in [4.69, 9.17) is 4.98 Å². The third kappa shape index (κ3) is 1.98. The Balaban J connectivity index is 1.79. The van der Waals surface area contributed by atoms with Gasteiger partial charge in [-0.15, -0.1) is 0 Å². The second kappa shape index (κ2) is 4.49. The van der Waals surface area contributed by atoms with E-state index in [1.165, 1.54) is 41.2 Å². The second-order valence-electron chi connectivity index (χ2n) is 5.28. The highest BCUT2D eigenvalue weighted by atomic mass is 32.1. The summed E-state index contributed by atoms with van der Waals surface area (Å²) in [6.45, 7) is 0. The van der Waals surface area contributed by atoms with Gasteiger partial charge in [0.1, 0.15) is 0 Å². The van der Waals surface area contributed by atoms with Gasteiger partial charge in [-0.25, -0.2) is 4.98 Å². The zero-order chi connectivity index (χ0) is 12.7. The van der Waals surface area contributed by atoms with E-state index in [9.17, 15) is 0 Å². The summed E-state index contributed by atoms with van der Waals surface area (Å²) in [5, 5.41) is 7.22. The molecular weight excluding hydrogens is 252 g/mol. The normalized spacial score (nSPS) is 16.4. The number of anilines is 1. The molecule has 0 amide bonds. The van der Waals surface area contributed by atoms with E-state index in [2.05, 4.69) is 41.7 Å². The third-order valence-electron chi connectivity index (χ3n) is 3.97. The number of hydrogen-bond donors (Lipinski definition) is 1. The van der Waals surface area contributed by atoms with Crippen molar-refractivity contribution in [3.8, 4) is 0 Å². The highest BCUT2D eigenvalue weighted by Crippen LogP contribution is 2.33. The van der Waals surface area contributed by atoms with Gasteiger partial charge >= 0.3 is 0 Å². The first-order valence-electron chi connectivity index (χ1n) is 6.95. The fourth-order valence-corrected chi connectivity index (χ4v) is 3.93. The first-order chi connectivity index (χ1) is 9.40. The lowest BCUT2D eigenvalue weighted by atomic mass is 10.1. The van der Waals surface area contributed by atoms with Gasteiger partial charge in [0, 0.05) is 11.4 Å². The smallest absolute Gasteiger partial charge is 0.184 e. The topological polar surface area (TPSA) is 24.9 Å². The Bertz CT molecular complexity index is 726. The summed E-state index contributed by atoms with van der Waals surface area (Å²) < 4.78 is 1.28. The molecule has 2 aromatic carbocycles. The fourth-order valence-electron chi connectivity index (χ4n) is 2.97. The minimum Gasteiger partial charge on any atom is -0.359 e. The van der Waals surface area contributed by atoms with Gasteiger partial charge in [-0.05, 0) is 24.3 Å². The predicted octanol–water partition coefficient (Wildman–Crippen LogP) is 4.80. The van der Waals surface area contributed by atoms with Crippen LogP contribution >= 0.6 is 11.3 Å². The first kappa shape index (κ1) is 11.2. The molecule has 0 atom stereocenters. The van der Waals surface area contributed by atoms with Crippen LogP contribution in [0.25, 0.3) is 21.0 Å². The highest BCUT2D eigenvalue weighted by Gasteiger charge is 2.16. The molecule has 0 bridgehead atoms. The fraction of sp³-hybridized carbons (Fsp3) is 0.312. The van der Waals surface area contributed by atoms with Crippen molar-refractivity contribution in [1.82, 2.24) is 4.98 Å². The maximum Gasteiger partial charge on any atom is 0.184 e. The maximum atomic E-state index is 4.81. The van der Waals surface area contributed by atoms with Crippen LogP contribution in [0.4, 0.5) is 5.13 Å². The average molecular weight is 268 g/mol. The Hall–Kier alpha value is -1.61. The molecule has 96 valence electrons. The van der Waals surface area contributed by atoms with E-state index in [1.807, 2.05) is 0 Å². The van der Waals surface area contributed by atoms with Gasteiger partial charge in [0.15, 0.2) is 5.13 Å². The van der Waals surface area contributed by atoms with Gasteiger partial charge in [0.05, 0.1) is 10.2 Å². The molecule has 1 fully saturated rings.